The number of hydrogen-bond donors (Lipinski definition) is 1. The molecule has 4 aromatic rings. The molecule has 1 N–H and O–H groups in total. The molecule has 0 aliphatic rings. The van der Waals surface area contributed by atoms with E-state index in [1.807, 2.05) is 37.3 Å². The summed E-state index contributed by atoms with van der Waals surface area (Å²) in [6.07, 6.45) is 0.0517. The van der Waals surface area contributed by atoms with Crippen LogP contribution in [-0.4, -0.2) is 19.9 Å². The Hall–Kier alpha value is -3.81. The fourth-order valence-electron chi connectivity index (χ4n) is 3.16. The Kier molecular flexibility index (Phi) is 5.62. The molecule has 0 saturated heterocycles. The molecule has 1 unspecified atom stereocenters. The van der Waals surface area contributed by atoms with E-state index in [1.54, 1.807) is 18.3 Å². The van der Waals surface area contributed by atoms with Crippen molar-refractivity contribution in [3.05, 3.63) is 90.4 Å². The highest BCUT2D eigenvalue weighted by molar-refractivity contribution is 5.76. The van der Waals surface area contributed by atoms with E-state index < -0.39 is 11.7 Å². The third-order valence-corrected chi connectivity index (χ3v) is 4.70. The summed E-state index contributed by atoms with van der Waals surface area (Å²) < 4.78 is 39.5. The normalized spacial score (nSPS) is 12.4. The molecule has 2 heterocycles. The maximum atomic E-state index is 13.2. The number of aromatic nitrogens is 4. The molecule has 2 aromatic carbocycles. The molecule has 31 heavy (non-hydrogen) atoms. The van der Waals surface area contributed by atoms with E-state index in [1.165, 1.54) is 18.5 Å². The minimum Gasteiger partial charge on any atom is -0.348 e. The summed E-state index contributed by atoms with van der Waals surface area (Å²) in [5.74, 6) is 0.384. The maximum Gasteiger partial charge on any atom is 0.416 e. The first kappa shape index (κ1) is 20.5. The summed E-state index contributed by atoms with van der Waals surface area (Å²) in [6, 6.07) is 16.5. The number of benzene rings is 2. The Morgan fingerprint density at radius 2 is 1.55 bits per heavy atom. The molecule has 5 nitrogen and oxygen atoms in total. The molecular formula is C23H18F3N5. The quantitative estimate of drug-likeness (QED) is 0.442. The number of nitrogens with one attached hydrogen (secondary N) is 1. The van der Waals surface area contributed by atoms with Gasteiger partial charge in [-0.2, -0.15) is 13.2 Å². The summed E-state index contributed by atoms with van der Waals surface area (Å²) >= 11 is 0. The average molecular weight is 421 g/mol. The van der Waals surface area contributed by atoms with Crippen molar-refractivity contribution in [3.63, 3.8) is 0 Å². The third-order valence-electron chi connectivity index (χ3n) is 4.70. The van der Waals surface area contributed by atoms with Crippen LogP contribution in [0.1, 0.15) is 24.1 Å². The van der Waals surface area contributed by atoms with Crippen molar-refractivity contribution in [1.82, 2.24) is 19.9 Å². The summed E-state index contributed by atoms with van der Waals surface area (Å²) in [5.41, 5.74) is 1.78. The highest BCUT2D eigenvalue weighted by atomic mass is 19.4. The molecule has 0 aliphatic heterocycles. The molecule has 8 heteroatoms. The summed E-state index contributed by atoms with van der Waals surface area (Å²) in [4.78, 5) is 17.4. The number of alkyl halides is 3. The fraction of sp³-hybridized carbons (Fsp3) is 0.130. The van der Waals surface area contributed by atoms with Gasteiger partial charge in [0.2, 0.25) is 5.95 Å². The van der Waals surface area contributed by atoms with E-state index in [0.29, 0.717) is 28.6 Å². The van der Waals surface area contributed by atoms with Gasteiger partial charge in [-0.3, -0.25) is 9.97 Å². The second kappa shape index (κ2) is 8.51. The Morgan fingerprint density at radius 3 is 2.29 bits per heavy atom. The zero-order valence-corrected chi connectivity index (χ0v) is 16.5. The largest absolute Gasteiger partial charge is 0.416 e. The van der Waals surface area contributed by atoms with Gasteiger partial charge in [-0.05, 0) is 30.7 Å². The Balaban J connectivity index is 1.68. The van der Waals surface area contributed by atoms with Crippen molar-refractivity contribution in [1.29, 1.82) is 0 Å². The fourth-order valence-corrected chi connectivity index (χ4v) is 3.16. The summed E-state index contributed by atoms with van der Waals surface area (Å²) in [6.45, 7) is 1.99. The van der Waals surface area contributed by atoms with E-state index in [0.717, 1.165) is 17.7 Å². The van der Waals surface area contributed by atoms with Crippen molar-refractivity contribution >= 4 is 5.95 Å². The predicted molar refractivity (Wildman–Crippen MR) is 112 cm³/mol. The van der Waals surface area contributed by atoms with Crippen molar-refractivity contribution in [2.45, 2.75) is 19.1 Å². The summed E-state index contributed by atoms with van der Waals surface area (Å²) in [7, 11) is 0. The van der Waals surface area contributed by atoms with Gasteiger partial charge in [0.25, 0.3) is 0 Å². The lowest BCUT2D eigenvalue weighted by molar-refractivity contribution is -0.137. The van der Waals surface area contributed by atoms with E-state index in [2.05, 4.69) is 25.3 Å². The van der Waals surface area contributed by atoms with Gasteiger partial charge in [-0.25, -0.2) is 9.97 Å². The molecule has 4 rings (SSSR count). The number of rotatable bonds is 5. The Labute approximate surface area is 177 Å². The molecule has 0 fully saturated rings. The van der Waals surface area contributed by atoms with Gasteiger partial charge < -0.3 is 5.32 Å². The lowest BCUT2D eigenvalue weighted by Gasteiger charge is -2.15. The first-order chi connectivity index (χ1) is 14.9. The molecule has 0 saturated carbocycles. The topological polar surface area (TPSA) is 63.6 Å². The van der Waals surface area contributed by atoms with Gasteiger partial charge in [-0.15, -0.1) is 0 Å². The average Bonchev–Trinajstić information content (AvgIpc) is 2.79. The lowest BCUT2D eigenvalue weighted by atomic mass is 10.0. The smallest absolute Gasteiger partial charge is 0.348 e. The standard InChI is InChI=1S/C23H18F3N5/c1-15(16-6-3-2-4-7-16)30-22-29-11-10-19(31-22)21-20(27-12-13-28-21)17-8-5-9-18(14-17)23(24,25)26/h2-15H,1H3,(H,29,30,31). The van der Waals surface area contributed by atoms with Crippen LogP contribution in [-0.2, 0) is 6.18 Å². The number of nitrogens with zero attached hydrogens (tertiary/aromatic N) is 4. The molecule has 0 amide bonds. The maximum absolute atomic E-state index is 13.2. The first-order valence-electron chi connectivity index (χ1n) is 9.55. The van der Waals surface area contributed by atoms with Gasteiger partial charge in [0.15, 0.2) is 0 Å². The van der Waals surface area contributed by atoms with E-state index in [-0.39, 0.29) is 6.04 Å². The van der Waals surface area contributed by atoms with Crippen molar-refractivity contribution in [3.8, 4) is 22.6 Å². The number of halogens is 3. The summed E-state index contributed by atoms with van der Waals surface area (Å²) in [5, 5.41) is 3.24. The molecule has 1 atom stereocenters. The van der Waals surface area contributed by atoms with Crippen LogP contribution in [0, 0.1) is 0 Å². The molecule has 0 aliphatic carbocycles. The first-order valence-corrected chi connectivity index (χ1v) is 9.55. The van der Waals surface area contributed by atoms with Gasteiger partial charge in [0.1, 0.15) is 5.69 Å². The second-order valence-electron chi connectivity index (χ2n) is 6.87. The highest BCUT2D eigenvalue weighted by Crippen LogP contribution is 2.34. The Bertz CT molecular complexity index is 1180. The minimum absolute atomic E-state index is 0.0405. The van der Waals surface area contributed by atoms with Crippen LogP contribution < -0.4 is 5.32 Å². The molecular weight excluding hydrogens is 403 g/mol. The van der Waals surface area contributed by atoms with Crippen LogP contribution in [0.15, 0.2) is 79.3 Å². The van der Waals surface area contributed by atoms with Crippen LogP contribution in [0.25, 0.3) is 22.6 Å². The number of anilines is 1. The molecule has 156 valence electrons. The third kappa shape index (κ3) is 4.69. The Morgan fingerprint density at radius 1 is 0.806 bits per heavy atom. The zero-order valence-electron chi connectivity index (χ0n) is 16.5. The zero-order chi connectivity index (χ0) is 21.8. The van der Waals surface area contributed by atoms with E-state index >= 15 is 0 Å². The van der Waals surface area contributed by atoms with Crippen molar-refractivity contribution in [2.75, 3.05) is 5.32 Å². The second-order valence-corrected chi connectivity index (χ2v) is 6.87. The molecule has 2 aromatic heterocycles. The molecule has 0 spiro atoms. The van der Waals surface area contributed by atoms with Gasteiger partial charge in [0.05, 0.1) is 23.0 Å². The van der Waals surface area contributed by atoms with Gasteiger partial charge >= 0.3 is 6.18 Å². The van der Waals surface area contributed by atoms with Crippen molar-refractivity contribution < 1.29 is 13.2 Å². The van der Waals surface area contributed by atoms with E-state index in [4.69, 9.17) is 0 Å². The SMILES string of the molecule is CC(Nc1nccc(-c2nccnc2-c2cccc(C(F)(F)F)c2)n1)c1ccccc1. The van der Waals surface area contributed by atoms with Crippen LogP contribution in [0.5, 0.6) is 0 Å². The van der Waals surface area contributed by atoms with Gasteiger partial charge in [-0.1, -0.05) is 42.5 Å². The highest BCUT2D eigenvalue weighted by Gasteiger charge is 2.30. The molecule has 0 radical (unpaired) electrons. The van der Waals surface area contributed by atoms with E-state index in [9.17, 15) is 13.2 Å². The monoisotopic (exact) mass is 421 g/mol. The van der Waals surface area contributed by atoms with Crippen LogP contribution in [0.2, 0.25) is 0 Å². The minimum atomic E-state index is -4.45. The van der Waals surface area contributed by atoms with Crippen LogP contribution in [0.3, 0.4) is 0 Å². The predicted octanol–water partition coefficient (Wildman–Crippen LogP) is 5.79. The lowest BCUT2D eigenvalue weighted by Crippen LogP contribution is -2.09. The number of hydrogen-bond acceptors (Lipinski definition) is 5. The van der Waals surface area contributed by atoms with Gasteiger partial charge in [0, 0.05) is 24.2 Å². The van der Waals surface area contributed by atoms with Crippen LogP contribution >= 0.6 is 0 Å². The van der Waals surface area contributed by atoms with Crippen molar-refractivity contribution in [2.24, 2.45) is 0 Å². The van der Waals surface area contributed by atoms with Crippen LogP contribution in [0.4, 0.5) is 19.1 Å². The molecule has 0 bridgehead atoms.